The third-order valence-electron chi connectivity index (χ3n) is 4.74. The van der Waals surface area contributed by atoms with E-state index in [0.29, 0.717) is 19.1 Å². The van der Waals surface area contributed by atoms with E-state index in [2.05, 4.69) is 51.8 Å². The molecule has 0 spiro atoms. The van der Waals surface area contributed by atoms with E-state index < -0.39 is 0 Å². The van der Waals surface area contributed by atoms with Crippen molar-refractivity contribution in [3.63, 3.8) is 0 Å². The Bertz CT molecular complexity index is 685. The van der Waals surface area contributed by atoms with E-state index in [1.165, 1.54) is 11.1 Å². The molecule has 0 saturated heterocycles. The predicted octanol–water partition coefficient (Wildman–Crippen LogP) is 2.02. The number of amides is 2. The predicted molar refractivity (Wildman–Crippen MR) is 98.2 cm³/mol. The largest absolute Gasteiger partial charge is 0.337 e. The first-order chi connectivity index (χ1) is 12.1. The normalized spacial score (nSPS) is 16.7. The van der Waals surface area contributed by atoms with Crippen molar-refractivity contribution in [1.82, 2.24) is 25.3 Å². The van der Waals surface area contributed by atoms with Gasteiger partial charge in [-0.05, 0) is 37.5 Å². The molecule has 1 aromatic heterocycles. The van der Waals surface area contributed by atoms with Crippen LogP contribution in [-0.4, -0.2) is 45.9 Å². The molecule has 0 saturated carbocycles. The lowest BCUT2D eigenvalue weighted by Gasteiger charge is -2.33. The summed E-state index contributed by atoms with van der Waals surface area (Å²) in [5.74, 6) is 0. The van der Waals surface area contributed by atoms with Crippen LogP contribution in [0.4, 0.5) is 4.79 Å². The fourth-order valence-corrected chi connectivity index (χ4v) is 3.27. The van der Waals surface area contributed by atoms with Gasteiger partial charge in [0.15, 0.2) is 0 Å². The van der Waals surface area contributed by atoms with E-state index in [9.17, 15) is 4.79 Å². The summed E-state index contributed by atoms with van der Waals surface area (Å²) < 4.78 is 1.82. The molecule has 6 nitrogen and oxygen atoms in total. The lowest BCUT2D eigenvalue weighted by molar-refractivity contribution is 0.184. The molecular weight excluding hydrogens is 314 g/mol. The first-order valence-electron chi connectivity index (χ1n) is 8.94. The van der Waals surface area contributed by atoms with Gasteiger partial charge in [0.1, 0.15) is 0 Å². The van der Waals surface area contributed by atoms with E-state index in [-0.39, 0.29) is 12.1 Å². The number of benzene rings is 1. The molecule has 0 bridgehead atoms. The highest BCUT2D eigenvalue weighted by atomic mass is 16.2. The van der Waals surface area contributed by atoms with E-state index in [1.807, 2.05) is 23.9 Å². The number of carbonyl (C=O) groups excluding carboxylic acids is 1. The number of carbonyl (C=O) groups is 1. The molecule has 6 heteroatoms. The smallest absolute Gasteiger partial charge is 0.315 e. The average molecular weight is 341 g/mol. The molecule has 134 valence electrons. The Balaban J connectivity index is 1.41. The van der Waals surface area contributed by atoms with E-state index >= 15 is 0 Å². The van der Waals surface area contributed by atoms with Crippen molar-refractivity contribution in [2.24, 2.45) is 0 Å². The van der Waals surface area contributed by atoms with Crippen LogP contribution in [0.25, 0.3) is 0 Å². The minimum absolute atomic E-state index is 0.0251. The lowest BCUT2D eigenvalue weighted by atomic mass is 9.99. The third-order valence-corrected chi connectivity index (χ3v) is 4.74. The van der Waals surface area contributed by atoms with Crippen LogP contribution < -0.4 is 10.6 Å². The zero-order valence-corrected chi connectivity index (χ0v) is 15.0. The Hall–Kier alpha value is -2.34. The molecule has 25 heavy (non-hydrogen) atoms. The second-order valence-corrected chi connectivity index (χ2v) is 6.82. The van der Waals surface area contributed by atoms with Crippen LogP contribution >= 0.6 is 0 Å². The summed E-state index contributed by atoms with van der Waals surface area (Å²) in [4.78, 5) is 14.5. The maximum atomic E-state index is 12.1. The molecule has 0 unspecified atom stereocenters. The molecule has 0 fully saturated rings. The molecule has 1 aromatic carbocycles. The van der Waals surface area contributed by atoms with Crippen LogP contribution in [0.15, 0.2) is 42.7 Å². The summed E-state index contributed by atoms with van der Waals surface area (Å²) in [5.41, 5.74) is 2.85. The molecule has 1 aliphatic heterocycles. The topological polar surface area (TPSA) is 62.2 Å². The van der Waals surface area contributed by atoms with Crippen LogP contribution in [0.3, 0.4) is 0 Å². The van der Waals surface area contributed by atoms with Crippen molar-refractivity contribution in [2.75, 3.05) is 13.1 Å². The van der Waals surface area contributed by atoms with Crippen LogP contribution in [-0.2, 0) is 19.5 Å². The Kier molecular flexibility index (Phi) is 5.71. The van der Waals surface area contributed by atoms with Crippen molar-refractivity contribution in [3.8, 4) is 0 Å². The molecule has 2 heterocycles. The summed E-state index contributed by atoms with van der Waals surface area (Å²) in [6.07, 6.45) is 4.71. The quantitative estimate of drug-likeness (QED) is 0.845. The summed E-state index contributed by atoms with van der Waals surface area (Å²) in [6, 6.07) is 10.7. The van der Waals surface area contributed by atoms with Crippen molar-refractivity contribution in [3.05, 3.63) is 53.9 Å². The third kappa shape index (κ3) is 4.82. The Labute approximate surface area is 149 Å². The first-order valence-corrected chi connectivity index (χ1v) is 8.94. The molecule has 2 amide bonds. The van der Waals surface area contributed by atoms with Gasteiger partial charge in [-0.3, -0.25) is 9.58 Å². The van der Waals surface area contributed by atoms with E-state index in [4.69, 9.17) is 0 Å². The molecule has 1 aliphatic rings. The molecular formula is C19H27N5O. The van der Waals surface area contributed by atoms with E-state index in [0.717, 1.165) is 19.5 Å². The van der Waals surface area contributed by atoms with Gasteiger partial charge in [-0.1, -0.05) is 24.3 Å². The Morgan fingerprint density at radius 1 is 1.24 bits per heavy atom. The summed E-state index contributed by atoms with van der Waals surface area (Å²) in [6.45, 7) is 7.45. The average Bonchev–Trinajstić information content (AvgIpc) is 3.12. The van der Waals surface area contributed by atoms with Crippen LogP contribution in [0.2, 0.25) is 0 Å². The standard InChI is InChI=1S/C19H27N5O/c1-15(13-24-10-5-9-21-24)22-19(25)20-12-16(2)23-11-8-17-6-3-4-7-18(17)14-23/h3-7,9-10,15-16H,8,11-14H2,1-2H3,(H2,20,22,25)/t15-,16+/m0/s1. The van der Waals surface area contributed by atoms with Gasteiger partial charge >= 0.3 is 6.03 Å². The van der Waals surface area contributed by atoms with Crippen LogP contribution in [0.5, 0.6) is 0 Å². The Morgan fingerprint density at radius 2 is 2.04 bits per heavy atom. The highest BCUT2D eigenvalue weighted by Crippen LogP contribution is 2.19. The minimum Gasteiger partial charge on any atom is -0.337 e. The second kappa shape index (κ2) is 8.16. The van der Waals surface area contributed by atoms with Gasteiger partial charge in [0.2, 0.25) is 0 Å². The summed E-state index contributed by atoms with van der Waals surface area (Å²) >= 11 is 0. The maximum absolute atomic E-state index is 12.1. The molecule has 3 rings (SSSR count). The van der Waals surface area contributed by atoms with E-state index in [1.54, 1.807) is 6.20 Å². The van der Waals surface area contributed by atoms with Crippen LogP contribution in [0.1, 0.15) is 25.0 Å². The Morgan fingerprint density at radius 3 is 2.80 bits per heavy atom. The number of nitrogens with zero attached hydrogens (tertiary/aromatic N) is 3. The first kappa shape index (κ1) is 17.5. The van der Waals surface area contributed by atoms with Gasteiger partial charge in [-0.25, -0.2) is 4.79 Å². The maximum Gasteiger partial charge on any atom is 0.315 e. The highest BCUT2D eigenvalue weighted by molar-refractivity contribution is 5.74. The summed E-state index contributed by atoms with van der Waals surface area (Å²) in [5, 5.41) is 10.1. The molecule has 0 radical (unpaired) electrons. The SMILES string of the molecule is C[C@H](CNC(=O)N[C@@H](C)Cn1cccn1)N1CCc2ccccc2C1. The molecule has 2 aromatic rings. The number of rotatable bonds is 6. The number of hydrogen-bond donors (Lipinski definition) is 2. The second-order valence-electron chi connectivity index (χ2n) is 6.82. The van der Waals surface area contributed by atoms with Gasteiger partial charge in [0, 0.05) is 44.1 Å². The number of fused-ring (bicyclic) bond motifs is 1. The zero-order chi connectivity index (χ0) is 17.6. The molecule has 2 atom stereocenters. The van der Waals surface area contributed by atoms with Crippen molar-refractivity contribution in [1.29, 1.82) is 0 Å². The minimum atomic E-state index is -0.121. The van der Waals surface area contributed by atoms with Gasteiger partial charge in [-0.2, -0.15) is 5.10 Å². The van der Waals surface area contributed by atoms with Crippen molar-refractivity contribution >= 4 is 6.03 Å². The zero-order valence-electron chi connectivity index (χ0n) is 15.0. The van der Waals surface area contributed by atoms with Crippen LogP contribution in [0, 0.1) is 0 Å². The van der Waals surface area contributed by atoms with Gasteiger partial charge in [-0.15, -0.1) is 0 Å². The highest BCUT2D eigenvalue weighted by Gasteiger charge is 2.20. The van der Waals surface area contributed by atoms with Crippen molar-refractivity contribution < 1.29 is 4.79 Å². The number of urea groups is 1. The molecule has 0 aliphatic carbocycles. The fourth-order valence-electron chi connectivity index (χ4n) is 3.27. The van der Waals surface area contributed by atoms with Gasteiger partial charge < -0.3 is 10.6 Å². The van der Waals surface area contributed by atoms with Crippen molar-refractivity contribution in [2.45, 2.75) is 45.4 Å². The van der Waals surface area contributed by atoms with Gasteiger partial charge in [0.25, 0.3) is 0 Å². The molecule has 2 N–H and O–H groups in total. The summed E-state index contributed by atoms with van der Waals surface area (Å²) in [7, 11) is 0. The number of hydrogen-bond acceptors (Lipinski definition) is 3. The lowest BCUT2D eigenvalue weighted by Crippen LogP contribution is -2.48. The monoisotopic (exact) mass is 341 g/mol. The number of nitrogens with one attached hydrogen (secondary N) is 2. The number of aromatic nitrogens is 2. The van der Waals surface area contributed by atoms with Gasteiger partial charge in [0.05, 0.1) is 6.54 Å². The fraction of sp³-hybridized carbons (Fsp3) is 0.474.